The molecule has 0 radical (unpaired) electrons. The van der Waals surface area contributed by atoms with Crippen molar-refractivity contribution in [3.05, 3.63) is 170 Å². The number of fused-ring (bicyclic) bond motifs is 3. The van der Waals surface area contributed by atoms with Gasteiger partial charge in [-0.15, -0.1) is 0 Å². The van der Waals surface area contributed by atoms with Crippen molar-refractivity contribution in [3.8, 4) is 50.5 Å². The number of nitrogens with zero attached hydrogens (tertiary/aromatic N) is 2. The van der Waals surface area contributed by atoms with Crippen molar-refractivity contribution < 1.29 is 0 Å². The van der Waals surface area contributed by atoms with Crippen molar-refractivity contribution in [2.45, 2.75) is 0 Å². The summed E-state index contributed by atoms with van der Waals surface area (Å²) < 4.78 is 2.37. The van der Waals surface area contributed by atoms with E-state index < -0.39 is 0 Å². The van der Waals surface area contributed by atoms with E-state index in [1.807, 2.05) is 12.1 Å². The van der Waals surface area contributed by atoms with Gasteiger partial charge in [0.25, 0.3) is 0 Å². The van der Waals surface area contributed by atoms with Crippen molar-refractivity contribution in [3.63, 3.8) is 0 Å². The first-order valence-electron chi connectivity index (χ1n) is 14.6. The first-order chi connectivity index (χ1) is 21.3. The second-order valence-electron chi connectivity index (χ2n) is 10.8. The van der Waals surface area contributed by atoms with Crippen molar-refractivity contribution >= 4 is 21.8 Å². The monoisotopic (exact) mass is 548 g/mol. The molecule has 2 nitrogen and oxygen atoms in total. The second-order valence-corrected chi connectivity index (χ2v) is 10.8. The predicted molar refractivity (Wildman–Crippen MR) is 180 cm³/mol. The van der Waals surface area contributed by atoms with Crippen LogP contribution in [0.3, 0.4) is 0 Å². The van der Waals surface area contributed by atoms with Gasteiger partial charge in [0.1, 0.15) is 0 Å². The topological polar surface area (TPSA) is 17.8 Å². The normalized spacial score (nSPS) is 11.3. The van der Waals surface area contributed by atoms with E-state index in [0.717, 1.165) is 28.1 Å². The molecule has 8 rings (SSSR count). The molecule has 0 amide bonds. The van der Waals surface area contributed by atoms with E-state index in [9.17, 15) is 0 Å². The van der Waals surface area contributed by atoms with Crippen LogP contribution in [0.1, 0.15) is 0 Å². The summed E-state index contributed by atoms with van der Waals surface area (Å²) in [6.07, 6.45) is 0. The maximum atomic E-state index is 5.05. The molecule has 0 aliphatic heterocycles. The Morgan fingerprint density at radius 2 is 0.907 bits per heavy atom. The highest BCUT2D eigenvalue weighted by atomic mass is 15.0. The molecule has 0 spiro atoms. The number of benzene rings is 6. The highest BCUT2D eigenvalue weighted by molar-refractivity contribution is 6.15. The van der Waals surface area contributed by atoms with E-state index in [0.29, 0.717) is 0 Å². The molecule has 6 aromatic carbocycles. The first-order valence-corrected chi connectivity index (χ1v) is 14.6. The van der Waals surface area contributed by atoms with Crippen LogP contribution in [-0.2, 0) is 0 Å². The third-order valence-corrected chi connectivity index (χ3v) is 8.21. The molecule has 0 saturated carbocycles. The lowest BCUT2D eigenvalue weighted by molar-refractivity contribution is 1.18. The van der Waals surface area contributed by atoms with Crippen molar-refractivity contribution in [1.82, 2.24) is 9.55 Å². The highest BCUT2D eigenvalue weighted by Gasteiger charge is 2.16. The summed E-state index contributed by atoms with van der Waals surface area (Å²) in [4.78, 5) is 5.05. The molecule has 0 aliphatic carbocycles. The Balaban J connectivity index is 1.26. The molecular weight excluding hydrogens is 520 g/mol. The van der Waals surface area contributed by atoms with Crippen LogP contribution in [0, 0.1) is 0 Å². The number of aromatic nitrogens is 2. The van der Waals surface area contributed by atoms with E-state index in [1.165, 1.54) is 44.2 Å². The maximum Gasteiger partial charge on any atom is 0.0715 e. The van der Waals surface area contributed by atoms with Gasteiger partial charge in [0, 0.05) is 27.6 Å². The van der Waals surface area contributed by atoms with Crippen LogP contribution in [0.2, 0.25) is 0 Å². The summed E-state index contributed by atoms with van der Waals surface area (Å²) in [5.74, 6) is 0. The Bertz CT molecular complexity index is 2140. The summed E-state index contributed by atoms with van der Waals surface area (Å²) in [5, 5.41) is 2.53. The van der Waals surface area contributed by atoms with Gasteiger partial charge in [-0.3, -0.25) is 0 Å². The number of para-hydroxylation sites is 2. The summed E-state index contributed by atoms with van der Waals surface area (Å²) in [5.41, 5.74) is 12.5. The Morgan fingerprint density at radius 1 is 0.372 bits per heavy atom. The lowest BCUT2D eigenvalue weighted by Gasteiger charge is -2.12. The van der Waals surface area contributed by atoms with Gasteiger partial charge in [-0.1, -0.05) is 133 Å². The number of rotatable bonds is 5. The van der Waals surface area contributed by atoms with Gasteiger partial charge in [-0.05, 0) is 58.7 Å². The van der Waals surface area contributed by atoms with Crippen LogP contribution >= 0.6 is 0 Å². The van der Waals surface area contributed by atoms with Gasteiger partial charge in [-0.2, -0.15) is 0 Å². The lowest BCUT2D eigenvalue weighted by atomic mass is 9.96. The molecule has 0 bridgehead atoms. The highest BCUT2D eigenvalue weighted by Crippen LogP contribution is 2.39. The molecule has 43 heavy (non-hydrogen) atoms. The molecule has 2 heterocycles. The molecule has 202 valence electrons. The molecule has 0 fully saturated rings. The van der Waals surface area contributed by atoms with E-state index in [2.05, 4.69) is 162 Å². The van der Waals surface area contributed by atoms with Crippen LogP contribution in [-0.4, -0.2) is 9.55 Å². The number of hydrogen-bond acceptors (Lipinski definition) is 1. The molecule has 0 unspecified atom stereocenters. The second kappa shape index (κ2) is 10.6. The van der Waals surface area contributed by atoms with Gasteiger partial charge in [-0.25, -0.2) is 4.98 Å². The molecular formula is C41H28N2. The fourth-order valence-corrected chi connectivity index (χ4v) is 6.17. The van der Waals surface area contributed by atoms with Gasteiger partial charge in [0.05, 0.1) is 22.4 Å². The molecule has 0 aliphatic rings. The zero-order valence-corrected chi connectivity index (χ0v) is 23.6. The van der Waals surface area contributed by atoms with Gasteiger partial charge >= 0.3 is 0 Å². The van der Waals surface area contributed by atoms with E-state index in [1.54, 1.807) is 0 Å². The lowest BCUT2D eigenvalue weighted by Crippen LogP contribution is -1.93. The third-order valence-electron chi connectivity index (χ3n) is 8.21. The minimum atomic E-state index is 0.972. The van der Waals surface area contributed by atoms with Crippen LogP contribution in [0.5, 0.6) is 0 Å². The van der Waals surface area contributed by atoms with Gasteiger partial charge < -0.3 is 4.57 Å². The maximum absolute atomic E-state index is 5.05. The Kier molecular flexibility index (Phi) is 6.16. The van der Waals surface area contributed by atoms with E-state index in [4.69, 9.17) is 4.98 Å². The molecule has 0 N–H and O–H groups in total. The standard InChI is InChI=1S/C41H28N2/c1-4-13-31(14-5-1)37-27-33(28-38(42-37)32-15-6-2-7-16-32)29-23-25-30(26-24-29)35-20-12-22-40-41(35)36-19-10-11-21-39(36)43(40)34-17-8-3-9-18-34/h1-28H. The van der Waals surface area contributed by atoms with Crippen LogP contribution in [0.15, 0.2) is 170 Å². The van der Waals surface area contributed by atoms with Crippen molar-refractivity contribution in [2.75, 3.05) is 0 Å². The Hall–Kier alpha value is -5.73. The van der Waals surface area contributed by atoms with Crippen LogP contribution in [0.25, 0.3) is 72.3 Å². The largest absolute Gasteiger partial charge is 0.309 e. The molecule has 2 aromatic heterocycles. The first kappa shape index (κ1) is 25.0. The number of pyridine rings is 1. The smallest absolute Gasteiger partial charge is 0.0715 e. The average Bonchev–Trinajstić information content (AvgIpc) is 3.44. The van der Waals surface area contributed by atoms with E-state index >= 15 is 0 Å². The Morgan fingerprint density at radius 3 is 1.56 bits per heavy atom. The molecule has 0 atom stereocenters. The number of hydrogen-bond donors (Lipinski definition) is 0. The quantitative estimate of drug-likeness (QED) is 0.209. The molecule has 8 aromatic rings. The fourth-order valence-electron chi connectivity index (χ4n) is 6.17. The third kappa shape index (κ3) is 4.50. The SMILES string of the molecule is c1ccc(-c2cc(-c3ccc(-c4cccc5c4c4ccccc4n5-c4ccccc4)cc3)cc(-c3ccccc3)n2)cc1. The minimum Gasteiger partial charge on any atom is -0.309 e. The van der Waals surface area contributed by atoms with Crippen LogP contribution in [0.4, 0.5) is 0 Å². The summed E-state index contributed by atoms with van der Waals surface area (Å²) in [6.45, 7) is 0. The van der Waals surface area contributed by atoms with Gasteiger partial charge in [0.15, 0.2) is 0 Å². The fraction of sp³-hybridized carbons (Fsp3) is 0. The van der Waals surface area contributed by atoms with Gasteiger partial charge in [0.2, 0.25) is 0 Å². The Labute approximate surface area is 251 Å². The summed E-state index contributed by atoms with van der Waals surface area (Å²) in [6, 6.07) is 60.2. The average molecular weight is 549 g/mol. The molecule has 2 heteroatoms. The van der Waals surface area contributed by atoms with E-state index in [-0.39, 0.29) is 0 Å². The minimum absolute atomic E-state index is 0.972. The van der Waals surface area contributed by atoms with Crippen molar-refractivity contribution in [2.24, 2.45) is 0 Å². The predicted octanol–water partition coefficient (Wildman–Crippen LogP) is 10.8. The zero-order valence-electron chi connectivity index (χ0n) is 23.6. The zero-order chi connectivity index (χ0) is 28.6. The summed E-state index contributed by atoms with van der Waals surface area (Å²) >= 11 is 0. The summed E-state index contributed by atoms with van der Waals surface area (Å²) in [7, 11) is 0. The van der Waals surface area contributed by atoms with Crippen LogP contribution < -0.4 is 0 Å². The van der Waals surface area contributed by atoms with Crippen molar-refractivity contribution in [1.29, 1.82) is 0 Å². The molecule has 0 saturated heterocycles.